The lowest BCUT2D eigenvalue weighted by Gasteiger charge is -2.20. The molecule has 156 valence electrons. The van der Waals surface area contributed by atoms with E-state index in [0.29, 0.717) is 24.4 Å². The minimum Gasteiger partial charge on any atom is -0.294 e. The standard InChI is InChI=1S/C25H27NO3S/c1-4-19-15-26(30(28,29)21-13-11-17(2)12-14-21)16-23(19)18(3)22-9-5-7-20-8-6-10-24(27)25(20)22/h4-5,7,9,11-14H,6,8,10,15-16H2,1-3H3/b19-4+,23-18-. The van der Waals surface area contributed by atoms with Gasteiger partial charge in [-0.1, -0.05) is 42.0 Å². The van der Waals surface area contributed by atoms with Gasteiger partial charge in [0.05, 0.1) is 4.90 Å². The van der Waals surface area contributed by atoms with Crippen LogP contribution in [0.4, 0.5) is 0 Å². The lowest BCUT2D eigenvalue weighted by molar-refractivity contribution is 0.0972. The Morgan fingerprint density at radius 1 is 1.03 bits per heavy atom. The van der Waals surface area contributed by atoms with Crippen molar-refractivity contribution in [2.24, 2.45) is 0 Å². The molecule has 1 aliphatic heterocycles. The SMILES string of the molecule is C/C=C1\CN(S(=O)(=O)c2ccc(C)cc2)C\C1=C(/C)c1cccc2c1C(=O)CCC2. The topological polar surface area (TPSA) is 54.5 Å². The second-order valence-corrected chi connectivity index (χ2v) is 10.1. The van der Waals surface area contributed by atoms with Crippen LogP contribution in [0, 0.1) is 6.92 Å². The molecule has 1 heterocycles. The highest BCUT2D eigenvalue weighted by Crippen LogP contribution is 2.36. The van der Waals surface area contributed by atoms with E-state index in [9.17, 15) is 13.2 Å². The van der Waals surface area contributed by atoms with Gasteiger partial charge in [-0.25, -0.2) is 8.42 Å². The third-order valence-corrected chi connectivity index (χ3v) is 8.02. The van der Waals surface area contributed by atoms with Crippen LogP contribution in [-0.2, 0) is 16.4 Å². The average molecular weight is 422 g/mol. The highest BCUT2D eigenvalue weighted by molar-refractivity contribution is 7.89. The molecule has 4 nitrogen and oxygen atoms in total. The van der Waals surface area contributed by atoms with Crippen molar-refractivity contribution in [2.45, 2.75) is 44.9 Å². The molecule has 0 radical (unpaired) electrons. The average Bonchev–Trinajstić information content (AvgIpc) is 3.19. The van der Waals surface area contributed by atoms with Crippen LogP contribution < -0.4 is 0 Å². The van der Waals surface area contributed by atoms with Gasteiger partial charge in [-0.2, -0.15) is 4.31 Å². The molecule has 0 bridgehead atoms. The Hall–Kier alpha value is -2.50. The number of Topliss-reactive ketones (excluding diaryl/α,β-unsaturated/α-hetero) is 1. The molecule has 0 spiro atoms. The number of fused-ring (bicyclic) bond motifs is 1. The smallest absolute Gasteiger partial charge is 0.243 e. The number of carbonyl (C=O) groups excluding carboxylic acids is 1. The van der Waals surface area contributed by atoms with Gasteiger partial charge in [-0.15, -0.1) is 0 Å². The summed E-state index contributed by atoms with van der Waals surface area (Å²) in [7, 11) is -3.58. The van der Waals surface area contributed by atoms with Gasteiger partial charge < -0.3 is 0 Å². The Kier molecular flexibility index (Phi) is 5.51. The normalized spacial score (nSPS) is 20.5. The number of aryl methyl sites for hydroxylation is 2. The number of rotatable bonds is 3. The van der Waals surface area contributed by atoms with Crippen molar-refractivity contribution in [1.29, 1.82) is 0 Å². The summed E-state index contributed by atoms with van der Waals surface area (Å²) in [6.07, 6.45) is 4.38. The van der Waals surface area contributed by atoms with Gasteiger partial charge in [0.25, 0.3) is 0 Å². The van der Waals surface area contributed by atoms with E-state index < -0.39 is 10.0 Å². The first-order chi connectivity index (χ1) is 14.3. The van der Waals surface area contributed by atoms with Crippen LogP contribution in [0.1, 0.15) is 53.7 Å². The molecule has 2 aromatic rings. The minimum absolute atomic E-state index is 0.191. The van der Waals surface area contributed by atoms with E-state index in [1.165, 1.54) is 4.31 Å². The molecule has 2 aromatic carbocycles. The summed E-state index contributed by atoms with van der Waals surface area (Å²) in [4.78, 5) is 13.0. The Bertz CT molecular complexity index is 1170. The zero-order chi connectivity index (χ0) is 21.5. The molecule has 1 aliphatic carbocycles. The first-order valence-corrected chi connectivity index (χ1v) is 11.8. The van der Waals surface area contributed by atoms with E-state index in [2.05, 4.69) is 0 Å². The van der Waals surface area contributed by atoms with Crippen LogP contribution in [0.2, 0.25) is 0 Å². The summed E-state index contributed by atoms with van der Waals surface area (Å²) in [5.41, 5.74) is 6.90. The van der Waals surface area contributed by atoms with Gasteiger partial charge >= 0.3 is 0 Å². The van der Waals surface area contributed by atoms with Gasteiger partial charge in [-0.3, -0.25) is 4.79 Å². The number of hydrogen-bond donors (Lipinski definition) is 0. The van der Waals surface area contributed by atoms with Crippen LogP contribution in [0.15, 0.2) is 64.6 Å². The van der Waals surface area contributed by atoms with Crippen molar-refractivity contribution in [3.63, 3.8) is 0 Å². The maximum atomic E-state index is 13.2. The molecule has 1 saturated heterocycles. The van der Waals surface area contributed by atoms with Crippen LogP contribution in [0.3, 0.4) is 0 Å². The van der Waals surface area contributed by atoms with Crippen molar-refractivity contribution in [1.82, 2.24) is 4.31 Å². The zero-order valence-electron chi connectivity index (χ0n) is 17.7. The molecule has 0 atom stereocenters. The summed E-state index contributed by atoms with van der Waals surface area (Å²) < 4.78 is 28.0. The highest BCUT2D eigenvalue weighted by atomic mass is 32.2. The highest BCUT2D eigenvalue weighted by Gasteiger charge is 2.34. The van der Waals surface area contributed by atoms with Crippen molar-refractivity contribution in [3.05, 3.63) is 81.9 Å². The zero-order valence-corrected chi connectivity index (χ0v) is 18.6. The van der Waals surface area contributed by atoms with Crippen molar-refractivity contribution in [3.8, 4) is 0 Å². The molecule has 0 aromatic heterocycles. The summed E-state index contributed by atoms with van der Waals surface area (Å²) in [6.45, 7) is 6.56. The molecule has 30 heavy (non-hydrogen) atoms. The molecule has 0 unspecified atom stereocenters. The molecular formula is C25H27NO3S. The van der Waals surface area contributed by atoms with Crippen molar-refractivity contribution in [2.75, 3.05) is 13.1 Å². The lowest BCUT2D eigenvalue weighted by Crippen LogP contribution is -2.28. The fourth-order valence-corrected chi connectivity index (χ4v) is 5.84. The van der Waals surface area contributed by atoms with Gasteiger partial charge in [0.1, 0.15) is 0 Å². The van der Waals surface area contributed by atoms with Crippen molar-refractivity contribution < 1.29 is 13.2 Å². The van der Waals surface area contributed by atoms with E-state index >= 15 is 0 Å². The summed E-state index contributed by atoms with van der Waals surface area (Å²) in [6, 6.07) is 13.0. The predicted molar refractivity (Wildman–Crippen MR) is 120 cm³/mol. The van der Waals surface area contributed by atoms with E-state index in [1.807, 2.05) is 57.2 Å². The molecule has 1 fully saturated rings. The number of carbonyl (C=O) groups is 1. The quantitative estimate of drug-likeness (QED) is 0.705. The first-order valence-electron chi connectivity index (χ1n) is 10.4. The number of nitrogens with zero attached hydrogens (tertiary/aromatic N) is 1. The summed E-state index contributed by atoms with van der Waals surface area (Å²) in [5.74, 6) is 0.191. The molecule has 4 rings (SSSR count). The van der Waals surface area contributed by atoms with E-state index in [-0.39, 0.29) is 5.78 Å². The lowest BCUT2D eigenvalue weighted by atomic mass is 9.84. The Morgan fingerprint density at radius 3 is 2.47 bits per heavy atom. The van der Waals surface area contributed by atoms with Gasteiger partial charge in [0, 0.05) is 25.1 Å². The van der Waals surface area contributed by atoms with Crippen molar-refractivity contribution >= 4 is 21.4 Å². The largest absolute Gasteiger partial charge is 0.294 e. The van der Waals surface area contributed by atoms with Crippen LogP contribution in [0.5, 0.6) is 0 Å². The number of ketones is 1. The maximum Gasteiger partial charge on any atom is 0.243 e. The second-order valence-electron chi connectivity index (χ2n) is 8.12. The third-order valence-electron chi connectivity index (χ3n) is 6.21. The molecule has 0 saturated carbocycles. The predicted octanol–water partition coefficient (Wildman–Crippen LogP) is 4.94. The van der Waals surface area contributed by atoms with E-state index in [4.69, 9.17) is 0 Å². The Labute approximate surface area is 179 Å². The molecule has 2 aliphatic rings. The van der Waals surface area contributed by atoms with Gasteiger partial charge in [-0.05, 0) is 73.6 Å². The molecule has 0 N–H and O–H groups in total. The van der Waals surface area contributed by atoms with E-state index in [0.717, 1.165) is 51.8 Å². The fourth-order valence-electron chi connectivity index (χ4n) is 4.45. The number of allylic oxidation sites excluding steroid dienone is 2. The van der Waals surface area contributed by atoms with Crippen LogP contribution in [-0.4, -0.2) is 31.6 Å². The number of hydrogen-bond acceptors (Lipinski definition) is 3. The third kappa shape index (κ3) is 3.57. The fraction of sp³-hybridized carbons (Fsp3) is 0.320. The molecule has 5 heteroatoms. The monoisotopic (exact) mass is 421 g/mol. The van der Waals surface area contributed by atoms with E-state index in [1.54, 1.807) is 12.1 Å². The van der Waals surface area contributed by atoms with Crippen LogP contribution in [0.25, 0.3) is 5.57 Å². The number of benzene rings is 2. The van der Waals surface area contributed by atoms with Gasteiger partial charge in [0.2, 0.25) is 10.0 Å². The van der Waals surface area contributed by atoms with Gasteiger partial charge in [0.15, 0.2) is 5.78 Å². The second kappa shape index (κ2) is 7.97. The Balaban J connectivity index is 1.76. The maximum absolute atomic E-state index is 13.2. The first kappa shape index (κ1) is 20.8. The molecule has 0 amide bonds. The Morgan fingerprint density at radius 2 is 1.77 bits per heavy atom. The molecular weight excluding hydrogens is 394 g/mol. The van der Waals surface area contributed by atoms with Crippen LogP contribution >= 0.6 is 0 Å². The summed E-state index contributed by atoms with van der Waals surface area (Å²) in [5, 5.41) is 0. The summed E-state index contributed by atoms with van der Waals surface area (Å²) >= 11 is 0. The number of sulfonamides is 1. The minimum atomic E-state index is -3.58.